The van der Waals surface area contributed by atoms with Crippen LogP contribution in [0.25, 0.3) is 32.3 Å². The summed E-state index contributed by atoms with van der Waals surface area (Å²) in [5.41, 5.74) is 7.75. The fourth-order valence-corrected chi connectivity index (χ4v) is 7.78. The summed E-state index contributed by atoms with van der Waals surface area (Å²) in [6.07, 6.45) is 6.80. The number of hydrogen-bond donors (Lipinski definition) is 6. The van der Waals surface area contributed by atoms with Crippen molar-refractivity contribution in [3.8, 4) is 0 Å². The lowest BCUT2D eigenvalue weighted by molar-refractivity contribution is 0.619. The van der Waals surface area contributed by atoms with Crippen LogP contribution in [-0.2, 0) is 19.6 Å². The molecule has 0 unspecified atom stereocenters. The van der Waals surface area contributed by atoms with E-state index in [-0.39, 0.29) is 0 Å². The van der Waals surface area contributed by atoms with Gasteiger partial charge in [0.25, 0.3) is 0 Å². The number of fused-ring (bicyclic) bond motifs is 3. The van der Waals surface area contributed by atoms with Crippen molar-refractivity contribution >= 4 is 49.4 Å². The normalized spacial score (nSPS) is 11.4. The maximum atomic E-state index is 3.73. The molecular formula is C51H60N6. The van der Waals surface area contributed by atoms with Gasteiger partial charge in [-0.05, 0) is 109 Å². The van der Waals surface area contributed by atoms with Gasteiger partial charge in [-0.1, -0.05) is 127 Å². The van der Waals surface area contributed by atoms with Crippen LogP contribution in [-0.4, -0.2) is 39.3 Å². The van der Waals surface area contributed by atoms with Crippen LogP contribution in [0.1, 0.15) is 55.2 Å². The first-order valence-electron chi connectivity index (χ1n) is 21.2. The summed E-state index contributed by atoms with van der Waals surface area (Å²) in [5.74, 6) is 0. The van der Waals surface area contributed by atoms with E-state index in [9.17, 15) is 0 Å². The fourth-order valence-electron chi connectivity index (χ4n) is 7.78. The summed E-state index contributed by atoms with van der Waals surface area (Å²) in [7, 11) is 0. The van der Waals surface area contributed by atoms with Crippen molar-refractivity contribution in [2.24, 2.45) is 0 Å². The van der Waals surface area contributed by atoms with Gasteiger partial charge < -0.3 is 31.9 Å². The molecule has 0 spiro atoms. The van der Waals surface area contributed by atoms with Crippen molar-refractivity contribution in [3.63, 3.8) is 0 Å². The molecule has 0 radical (unpaired) electrons. The minimum absolute atomic E-state index is 0.886. The third-order valence-electron chi connectivity index (χ3n) is 10.8. The van der Waals surface area contributed by atoms with Gasteiger partial charge in [0, 0.05) is 72.5 Å². The maximum Gasteiger partial charge on any atom is 0.0419 e. The Morgan fingerprint density at radius 1 is 0.281 bits per heavy atom. The van der Waals surface area contributed by atoms with Crippen LogP contribution < -0.4 is 31.9 Å². The first-order chi connectivity index (χ1) is 28.3. The molecular weight excluding hydrogens is 697 g/mol. The minimum Gasteiger partial charge on any atom is -0.385 e. The summed E-state index contributed by atoms with van der Waals surface area (Å²) in [5, 5.41) is 29.9. The molecule has 0 heterocycles. The highest BCUT2D eigenvalue weighted by atomic mass is 14.9. The molecule has 0 aliphatic carbocycles. The smallest absolute Gasteiger partial charge is 0.0419 e. The Morgan fingerprint density at radius 3 is 0.895 bits per heavy atom. The molecule has 6 N–H and O–H groups in total. The number of rotatable bonds is 24. The van der Waals surface area contributed by atoms with Crippen molar-refractivity contribution in [1.29, 1.82) is 0 Å². The summed E-state index contributed by atoms with van der Waals surface area (Å²) in [6, 6.07) is 52.4. The van der Waals surface area contributed by atoms with E-state index in [1.807, 2.05) is 0 Å². The third kappa shape index (κ3) is 12.0. The quantitative estimate of drug-likeness (QED) is 0.0345. The summed E-state index contributed by atoms with van der Waals surface area (Å²) in [6.45, 7) is 8.61. The molecule has 0 atom stereocenters. The number of nitrogens with one attached hydrogen (secondary N) is 6. The predicted molar refractivity (Wildman–Crippen MR) is 247 cm³/mol. The SMILES string of the molecule is c1ccc2c(NCCCCNCc3cc(CNCCCCNc4cccc5ccccc45)cc(CNCCCCNc4cccc5ccccc45)c3)cccc2c1. The Hall–Kier alpha value is -5.40. The second-order valence-electron chi connectivity index (χ2n) is 15.2. The topological polar surface area (TPSA) is 72.2 Å². The van der Waals surface area contributed by atoms with Crippen LogP contribution in [0.4, 0.5) is 17.1 Å². The van der Waals surface area contributed by atoms with Crippen LogP contribution in [0.3, 0.4) is 0 Å². The lowest BCUT2D eigenvalue weighted by Crippen LogP contribution is -2.19. The average molecular weight is 757 g/mol. The van der Waals surface area contributed by atoms with Crippen molar-refractivity contribution in [1.82, 2.24) is 16.0 Å². The van der Waals surface area contributed by atoms with Gasteiger partial charge in [-0.2, -0.15) is 0 Å². The molecule has 6 heteroatoms. The van der Waals surface area contributed by atoms with Crippen molar-refractivity contribution in [3.05, 3.63) is 162 Å². The van der Waals surface area contributed by atoms with Gasteiger partial charge in [0.05, 0.1) is 0 Å². The maximum absolute atomic E-state index is 3.73. The molecule has 0 saturated carbocycles. The molecule has 0 aromatic heterocycles. The zero-order valence-corrected chi connectivity index (χ0v) is 33.5. The largest absolute Gasteiger partial charge is 0.385 e. The number of anilines is 3. The molecule has 0 fully saturated rings. The van der Waals surface area contributed by atoms with Crippen LogP contribution in [0, 0.1) is 0 Å². The van der Waals surface area contributed by atoms with E-state index in [1.165, 1.54) is 66.1 Å². The van der Waals surface area contributed by atoms with Gasteiger partial charge in [-0.15, -0.1) is 0 Å². The highest BCUT2D eigenvalue weighted by Crippen LogP contribution is 2.25. The summed E-state index contributed by atoms with van der Waals surface area (Å²) < 4.78 is 0. The van der Waals surface area contributed by atoms with Gasteiger partial charge in [0.1, 0.15) is 0 Å². The van der Waals surface area contributed by atoms with Crippen molar-refractivity contribution < 1.29 is 0 Å². The molecule has 0 saturated heterocycles. The Balaban J connectivity index is 0.838. The van der Waals surface area contributed by atoms with E-state index < -0.39 is 0 Å². The van der Waals surface area contributed by atoms with Gasteiger partial charge in [0.2, 0.25) is 0 Å². The van der Waals surface area contributed by atoms with Crippen molar-refractivity contribution in [2.75, 3.05) is 55.2 Å². The Labute approximate surface area is 339 Å². The van der Waals surface area contributed by atoms with E-state index in [2.05, 4.69) is 177 Å². The minimum atomic E-state index is 0.886. The average Bonchev–Trinajstić information content (AvgIpc) is 3.25. The van der Waals surface area contributed by atoms with E-state index >= 15 is 0 Å². The van der Waals surface area contributed by atoms with Crippen LogP contribution >= 0.6 is 0 Å². The lowest BCUT2D eigenvalue weighted by atomic mass is 10.0. The highest BCUT2D eigenvalue weighted by Gasteiger charge is 2.05. The first-order valence-corrected chi connectivity index (χ1v) is 21.2. The molecule has 7 aromatic carbocycles. The van der Waals surface area contributed by atoms with Crippen LogP contribution in [0.15, 0.2) is 146 Å². The number of unbranched alkanes of at least 4 members (excludes halogenated alkanes) is 3. The molecule has 0 aliphatic heterocycles. The molecule has 0 amide bonds. The third-order valence-corrected chi connectivity index (χ3v) is 10.8. The lowest BCUT2D eigenvalue weighted by Gasteiger charge is -2.14. The van der Waals surface area contributed by atoms with Crippen molar-refractivity contribution in [2.45, 2.75) is 58.2 Å². The summed E-state index contributed by atoms with van der Waals surface area (Å²) in [4.78, 5) is 0. The molecule has 294 valence electrons. The monoisotopic (exact) mass is 756 g/mol. The Bertz CT molecular complexity index is 2000. The molecule has 57 heavy (non-hydrogen) atoms. The zero-order chi connectivity index (χ0) is 38.7. The molecule has 7 rings (SSSR count). The Kier molecular flexibility index (Phi) is 15.2. The van der Waals surface area contributed by atoms with Gasteiger partial charge >= 0.3 is 0 Å². The number of benzene rings is 7. The van der Waals surface area contributed by atoms with E-state index in [4.69, 9.17) is 0 Å². The Morgan fingerprint density at radius 2 is 0.561 bits per heavy atom. The van der Waals surface area contributed by atoms with Crippen LogP contribution in [0.2, 0.25) is 0 Å². The van der Waals surface area contributed by atoms with E-state index in [0.29, 0.717) is 0 Å². The molecule has 0 bridgehead atoms. The van der Waals surface area contributed by atoms with Gasteiger partial charge in [-0.25, -0.2) is 0 Å². The molecule has 6 nitrogen and oxygen atoms in total. The first kappa shape index (κ1) is 39.8. The second-order valence-corrected chi connectivity index (χ2v) is 15.2. The van der Waals surface area contributed by atoms with E-state index in [0.717, 1.165) is 97.4 Å². The predicted octanol–water partition coefficient (Wildman–Crippen LogP) is 11.1. The zero-order valence-electron chi connectivity index (χ0n) is 33.5. The molecule has 7 aromatic rings. The second kappa shape index (κ2) is 21.8. The highest BCUT2D eigenvalue weighted by molar-refractivity contribution is 5.95. The van der Waals surface area contributed by atoms with Crippen LogP contribution in [0.5, 0.6) is 0 Å². The van der Waals surface area contributed by atoms with E-state index in [1.54, 1.807) is 0 Å². The number of hydrogen-bond acceptors (Lipinski definition) is 6. The van der Waals surface area contributed by atoms with Gasteiger partial charge in [0.15, 0.2) is 0 Å². The molecule has 0 aliphatic rings. The van der Waals surface area contributed by atoms with Gasteiger partial charge in [-0.3, -0.25) is 0 Å². The fraction of sp³-hybridized carbons (Fsp3) is 0.294. The summed E-state index contributed by atoms with van der Waals surface area (Å²) >= 11 is 0. The standard InChI is InChI=1S/C51H60N6/c1-4-22-46-43(16-1)19-13-25-49(46)55-31-10-7-28-52-37-40-34-41(38-53-29-8-11-32-56-50-26-14-20-44-17-2-5-23-47(44)50)36-42(35-40)39-54-30-9-12-33-57-51-27-15-21-45-18-3-6-24-48(45)51/h1-6,13-27,34-36,52-57H,7-12,28-33,37-39H2.